The van der Waals surface area contributed by atoms with Gasteiger partial charge in [-0.15, -0.1) is 24.0 Å². The molecule has 2 N–H and O–H groups in total. The van der Waals surface area contributed by atoms with Gasteiger partial charge >= 0.3 is 0 Å². The number of aliphatic imine (C=N–C) groups is 1. The highest BCUT2D eigenvalue weighted by Gasteiger charge is 2.25. The smallest absolute Gasteiger partial charge is 0.191 e. The van der Waals surface area contributed by atoms with Gasteiger partial charge in [0.2, 0.25) is 0 Å². The van der Waals surface area contributed by atoms with Crippen LogP contribution in [0.15, 0.2) is 35.3 Å². The molecular weight excluding hydrogens is 445 g/mol. The van der Waals surface area contributed by atoms with Crippen LogP contribution in [-0.2, 0) is 17.2 Å². The number of benzene rings is 1. The summed E-state index contributed by atoms with van der Waals surface area (Å²) in [5.74, 6) is 1.66. The van der Waals surface area contributed by atoms with Gasteiger partial charge in [0.1, 0.15) is 0 Å². The van der Waals surface area contributed by atoms with Crippen LogP contribution in [0, 0.1) is 0 Å². The fourth-order valence-electron chi connectivity index (χ4n) is 3.21. The van der Waals surface area contributed by atoms with Crippen LogP contribution in [0.25, 0.3) is 0 Å². The van der Waals surface area contributed by atoms with Crippen molar-refractivity contribution in [1.29, 1.82) is 0 Å². The van der Waals surface area contributed by atoms with E-state index >= 15 is 0 Å². The average Bonchev–Trinajstić information content (AvgIpc) is 2.62. The number of nitrogens with one attached hydrogen (secondary N) is 2. The molecule has 0 bridgehead atoms. The maximum atomic E-state index is 12.1. The number of halogens is 1. The summed E-state index contributed by atoms with van der Waals surface area (Å²) in [7, 11) is -0.683. The number of hydrogen-bond acceptors (Lipinski definition) is 2. The highest BCUT2D eigenvalue weighted by Crippen LogP contribution is 2.22. The summed E-state index contributed by atoms with van der Waals surface area (Å²) in [4.78, 5) is 4.71. The van der Waals surface area contributed by atoms with Gasteiger partial charge in [-0.1, -0.05) is 43.7 Å². The molecule has 142 valence electrons. The summed E-state index contributed by atoms with van der Waals surface area (Å²) < 4.78 is 12.1. The molecule has 2 rings (SSSR count). The summed E-state index contributed by atoms with van der Waals surface area (Å²) in [5, 5.41) is 7.23. The predicted molar refractivity (Wildman–Crippen MR) is 119 cm³/mol. The monoisotopic (exact) mass is 477 g/mol. The Hall–Kier alpha value is -0.630. The molecule has 4 nitrogen and oxygen atoms in total. The third kappa shape index (κ3) is 8.07. The molecule has 6 heteroatoms. The molecule has 25 heavy (non-hydrogen) atoms. The van der Waals surface area contributed by atoms with Crippen molar-refractivity contribution in [2.24, 2.45) is 4.99 Å². The normalized spacial score (nSPS) is 21.9. The van der Waals surface area contributed by atoms with Crippen molar-refractivity contribution in [3.63, 3.8) is 0 Å². The zero-order chi connectivity index (χ0) is 17.2. The molecule has 0 heterocycles. The van der Waals surface area contributed by atoms with E-state index in [0.29, 0.717) is 11.3 Å². The van der Waals surface area contributed by atoms with Gasteiger partial charge in [0.15, 0.2) is 5.96 Å². The minimum absolute atomic E-state index is 0. The summed E-state index contributed by atoms with van der Waals surface area (Å²) in [5.41, 5.74) is 1.31. The lowest BCUT2D eigenvalue weighted by atomic mass is 9.95. The first kappa shape index (κ1) is 22.4. The summed E-state index contributed by atoms with van der Waals surface area (Å²) in [6.45, 7) is 5.73. The van der Waals surface area contributed by atoms with Gasteiger partial charge in [-0.25, -0.2) is 0 Å². The van der Waals surface area contributed by atoms with E-state index in [9.17, 15) is 4.21 Å². The Balaban J connectivity index is 0.00000312. The van der Waals surface area contributed by atoms with Crippen molar-refractivity contribution >= 4 is 40.7 Å². The van der Waals surface area contributed by atoms with Crippen molar-refractivity contribution in [2.75, 3.05) is 18.8 Å². The predicted octanol–water partition coefficient (Wildman–Crippen LogP) is 3.48. The molecule has 1 aliphatic rings. The lowest BCUT2D eigenvalue weighted by molar-refractivity contribution is 0.413. The number of nitrogens with zero attached hydrogens (tertiary/aromatic N) is 1. The summed E-state index contributed by atoms with van der Waals surface area (Å²) in [6.07, 6.45) is 5.33. The van der Waals surface area contributed by atoms with Gasteiger partial charge < -0.3 is 10.6 Å². The first-order chi connectivity index (χ1) is 11.7. The fourth-order valence-corrected chi connectivity index (χ4v) is 4.55. The quantitative estimate of drug-likeness (QED) is 0.359. The van der Waals surface area contributed by atoms with E-state index in [4.69, 9.17) is 4.99 Å². The second kappa shape index (κ2) is 12.7. The molecule has 3 unspecified atom stereocenters. The van der Waals surface area contributed by atoms with Crippen molar-refractivity contribution in [2.45, 2.75) is 57.2 Å². The zero-order valence-corrected chi connectivity index (χ0v) is 18.5. The second-order valence-electron chi connectivity index (χ2n) is 6.30. The van der Waals surface area contributed by atoms with Gasteiger partial charge in [-0.05, 0) is 38.2 Å². The number of guanidine groups is 1. The molecule has 0 saturated heterocycles. The van der Waals surface area contributed by atoms with Gasteiger partial charge in [0.05, 0.1) is 0 Å². The third-order valence-corrected chi connectivity index (χ3v) is 6.22. The molecule has 0 aromatic heterocycles. The van der Waals surface area contributed by atoms with Crippen molar-refractivity contribution in [1.82, 2.24) is 10.6 Å². The largest absolute Gasteiger partial charge is 0.357 e. The second-order valence-corrected chi connectivity index (χ2v) is 8.30. The lowest BCUT2D eigenvalue weighted by Crippen LogP contribution is -2.46. The van der Waals surface area contributed by atoms with E-state index in [0.717, 1.165) is 56.9 Å². The van der Waals surface area contributed by atoms with Crippen LogP contribution in [0.5, 0.6) is 0 Å². The molecule has 1 fully saturated rings. The molecular formula is C19H32IN3OS. The van der Waals surface area contributed by atoms with E-state index in [-0.39, 0.29) is 24.0 Å². The first-order valence-corrected chi connectivity index (χ1v) is 10.6. The Morgan fingerprint density at radius 3 is 2.68 bits per heavy atom. The first-order valence-electron chi connectivity index (χ1n) is 9.18. The van der Waals surface area contributed by atoms with E-state index in [1.807, 2.05) is 13.0 Å². The molecule has 0 aliphatic heterocycles. The topological polar surface area (TPSA) is 53.5 Å². The highest BCUT2D eigenvalue weighted by atomic mass is 127. The van der Waals surface area contributed by atoms with Crippen LogP contribution >= 0.6 is 24.0 Å². The van der Waals surface area contributed by atoms with Gasteiger partial charge in [0, 0.05) is 40.9 Å². The molecule has 0 radical (unpaired) electrons. The molecule has 1 aromatic rings. The van der Waals surface area contributed by atoms with Crippen LogP contribution in [0.2, 0.25) is 0 Å². The molecule has 1 aromatic carbocycles. The number of rotatable bonds is 7. The van der Waals surface area contributed by atoms with Crippen LogP contribution in [0.1, 0.15) is 45.1 Å². The minimum atomic E-state index is -0.683. The van der Waals surface area contributed by atoms with Crippen molar-refractivity contribution in [3.8, 4) is 0 Å². The van der Waals surface area contributed by atoms with Crippen LogP contribution in [0.3, 0.4) is 0 Å². The molecule has 1 saturated carbocycles. The van der Waals surface area contributed by atoms with E-state index in [1.165, 1.54) is 5.56 Å². The van der Waals surface area contributed by atoms with E-state index < -0.39 is 10.8 Å². The van der Waals surface area contributed by atoms with Gasteiger partial charge in [0.25, 0.3) is 0 Å². The van der Waals surface area contributed by atoms with Gasteiger partial charge in [-0.3, -0.25) is 9.20 Å². The third-order valence-electron chi connectivity index (χ3n) is 4.48. The average molecular weight is 477 g/mol. The van der Waals surface area contributed by atoms with Gasteiger partial charge in [-0.2, -0.15) is 0 Å². The van der Waals surface area contributed by atoms with Crippen LogP contribution in [-0.4, -0.2) is 40.3 Å². The Morgan fingerprint density at radius 2 is 2.00 bits per heavy atom. The SMILES string of the molecule is CCNC(=NCCc1ccccc1)NC1CCCC(S(=O)CC)C1.I. The van der Waals surface area contributed by atoms with Crippen molar-refractivity contribution in [3.05, 3.63) is 35.9 Å². The highest BCUT2D eigenvalue weighted by molar-refractivity contribution is 14.0. The number of hydrogen-bond donors (Lipinski definition) is 2. The van der Waals surface area contributed by atoms with E-state index in [2.05, 4.69) is 41.8 Å². The van der Waals surface area contributed by atoms with E-state index in [1.54, 1.807) is 0 Å². The lowest BCUT2D eigenvalue weighted by Gasteiger charge is -2.30. The summed E-state index contributed by atoms with van der Waals surface area (Å²) >= 11 is 0. The fraction of sp³-hybridized carbons (Fsp3) is 0.632. The Morgan fingerprint density at radius 1 is 1.24 bits per heavy atom. The zero-order valence-electron chi connectivity index (χ0n) is 15.4. The van der Waals surface area contributed by atoms with Crippen LogP contribution in [0.4, 0.5) is 0 Å². The molecule has 0 spiro atoms. The summed E-state index contributed by atoms with van der Waals surface area (Å²) in [6, 6.07) is 10.8. The Labute approximate surface area is 172 Å². The molecule has 1 aliphatic carbocycles. The maximum Gasteiger partial charge on any atom is 0.191 e. The Bertz CT molecular complexity index is 539. The van der Waals surface area contributed by atoms with Crippen LogP contribution < -0.4 is 10.6 Å². The van der Waals surface area contributed by atoms with Crippen molar-refractivity contribution < 1.29 is 4.21 Å². The maximum absolute atomic E-state index is 12.1. The standard InChI is InChI=1S/C19H31N3OS.HI/c1-3-20-19(21-14-13-16-9-6-5-7-10-16)22-17-11-8-12-18(15-17)24(23)4-2;/h5-7,9-10,17-18H,3-4,8,11-15H2,1-2H3,(H2,20,21,22);1H. The minimum Gasteiger partial charge on any atom is -0.357 e. The molecule has 3 atom stereocenters. The molecule has 0 amide bonds. The Kier molecular flexibility index (Phi) is 11.4.